The number of nitrogens with zero attached hydrogens (tertiary/aromatic N) is 12. The molecule has 0 saturated carbocycles. The predicted octanol–water partition coefficient (Wildman–Crippen LogP) is 16.3. The molecule has 0 N–H and O–H groups in total. The lowest BCUT2D eigenvalue weighted by atomic mass is 10.00. The van der Waals surface area contributed by atoms with Crippen molar-refractivity contribution in [1.29, 1.82) is 0 Å². The Kier molecular flexibility index (Phi) is 13.5. The Bertz CT molecular complexity index is 5560. The van der Waals surface area contributed by atoms with E-state index in [0.717, 1.165) is 57.6 Å². The fourth-order valence-electron chi connectivity index (χ4n) is 18.3. The van der Waals surface area contributed by atoms with Crippen molar-refractivity contribution >= 4 is 0 Å². The van der Waals surface area contributed by atoms with Gasteiger partial charge in [-0.2, -0.15) is 18.3 Å². The van der Waals surface area contributed by atoms with E-state index in [9.17, 15) is 0 Å². The van der Waals surface area contributed by atoms with Crippen LogP contribution in [0.1, 0.15) is 89.4 Å². The molecule has 12 heteroatoms. The minimum Gasteiger partial charge on any atom is -0.264 e. The molecule has 24 rings (SSSR count). The number of hydrogen-bond acceptors (Lipinski definition) is 4. The van der Waals surface area contributed by atoms with E-state index in [4.69, 9.17) is 9.97 Å². The summed E-state index contributed by atoms with van der Waals surface area (Å²) in [5.41, 5.74) is 42.0. The topological polar surface area (TPSA) is 86.8 Å². The van der Waals surface area contributed by atoms with Gasteiger partial charge in [-0.3, -0.25) is 19.9 Å². The van der Waals surface area contributed by atoms with Gasteiger partial charge in [0.25, 0.3) is 23.3 Å². The fourth-order valence-corrected chi connectivity index (χ4v) is 18.3. The van der Waals surface area contributed by atoms with Crippen molar-refractivity contribution in [2.24, 2.45) is 0 Å². The largest absolute Gasteiger partial charge is 0.294 e. The molecule has 0 atom stereocenters. The van der Waals surface area contributed by atoms with Crippen LogP contribution in [0.15, 0.2) is 269 Å². The molecule has 8 aliphatic rings. The first-order valence-electron chi connectivity index (χ1n) is 36.3. The van der Waals surface area contributed by atoms with Crippen molar-refractivity contribution in [1.82, 2.24) is 38.2 Å². The maximum absolute atomic E-state index is 4.76. The minimum absolute atomic E-state index is 0.923. The zero-order valence-electron chi connectivity index (χ0n) is 58.4. The summed E-state index contributed by atoms with van der Waals surface area (Å²) < 4.78 is 18.9. The zero-order chi connectivity index (χ0) is 69.0. The Labute approximate surface area is 603 Å². The Balaban J connectivity index is 0.0000000896. The van der Waals surface area contributed by atoms with E-state index < -0.39 is 0 Å². The second-order valence-corrected chi connectivity index (χ2v) is 28.9. The summed E-state index contributed by atoms with van der Waals surface area (Å²) in [5.74, 6) is 5.07. The summed E-state index contributed by atoms with van der Waals surface area (Å²) in [7, 11) is 0. The maximum atomic E-state index is 4.76. The van der Waals surface area contributed by atoms with Gasteiger partial charge < -0.3 is 0 Å². The SMILES string of the molecule is Cc1ccc2c(c1-n1cc[n+]3c1-c1ccccc1C3)-c1cccnc1C2.Cc1ccc2c(c1-n1cc[n+]3c1-c1ccccc1C3)-c1ccncc1C2.Cc1cnc2c(c1-n1cc[n+]3c1-c1ccccc1C3)-c1ccccc1C2.Cc1ncc2c(c1-n1cc[n+]3c1-c1ccccc1C3)-c1ccccc1C2. The highest BCUT2D eigenvalue weighted by molar-refractivity contribution is 5.89. The molecule has 8 aromatic heterocycles. The minimum atomic E-state index is 0.923. The van der Waals surface area contributed by atoms with E-state index in [2.05, 4.69) is 312 Å². The smallest absolute Gasteiger partial charge is 0.264 e. The van der Waals surface area contributed by atoms with Crippen LogP contribution in [0.2, 0.25) is 0 Å². The molecule has 0 bridgehead atoms. The molecule has 0 unspecified atom stereocenters. The molecular formula is C92H72N12+4. The van der Waals surface area contributed by atoms with Crippen LogP contribution < -0.4 is 18.3 Å². The molecule has 0 spiro atoms. The van der Waals surface area contributed by atoms with E-state index in [0.29, 0.717) is 0 Å². The normalized spacial score (nSPS) is 13.3. The van der Waals surface area contributed by atoms with Crippen LogP contribution in [0, 0.1) is 27.7 Å². The Hall–Kier alpha value is -12.8. The number of rotatable bonds is 4. The van der Waals surface area contributed by atoms with E-state index in [1.54, 1.807) is 0 Å². The monoisotopic (exact) mass is 1340 g/mol. The van der Waals surface area contributed by atoms with Gasteiger partial charge >= 0.3 is 0 Å². The van der Waals surface area contributed by atoms with Crippen molar-refractivity contribution in [3.05, 3.63) is 358 Å². The number of pyridine rings is 4. The number of fused-ring (bicyclic) bond motifs is 24. The van der Waals surface area contributed by atoms with E-state index in [-0.39, 0.29) is 0 Å². The van der Waals surface area contributed by atoms with Crippen molar-refractivity contribution in [2.45, 2.75) is 79.6 Å². The van der Waals surface area contributed by atoms with Crippen LogP contribution in [0.25, 0.3) is 113 Å². The average Bonchev–Trinajstić information content (AvgIpc) is 1.59. The summed E-state index contributed by atoms with van der Waals surface area (Å²) in [6.07, 6.45) is 31.3. The van der Waals surface area contributed by atoms with Crippen LogP contribution in [-0.2, 0) is 51.9 Å². The summed E-state index contributed by atoms with van der Waals surface area (Å²) in [5, 5.41) is 0. The van der Waals surface area contributed by atoms with Gasteiger partial charge in [0, 0.05) is 107 Å². The lowest BCUT2D eigenvalue weighted by Gasteiger charge is -2.11. The van der Waals surface area contributed by atoms with Crippen LogP contribution in [0.5, 0.6) is 0 Å². The highest BCUT2D eigenvalue weighted by atomic mass is 15.2. The van der Waals surface area contributed by atoms with Crippen LogP contribution in [-0.4, -0.2) is 38.2 Å². The third-order valence-corrected chi connectivity index (χ3v) is 22.9. The van der Waals surface area contributed by atoms with Gasteiger partial charge in [0.2, 0.25) is 0 Å². The van der Waals surface area contributed by atoms with Gasteiger partial charge in [-0.05, 0) is 125 Å². The van der Waals surface area contributed by atoms with Crippen molar-refractivity contribution < 1.29 is 18.3 Å². The van der Waals surface area contributed by atoms with Crippen molar-refractivity contribution in [3.8, 4) is 113 Å². The van der Waals surface area contributed by atoms with E-state index >= 15 is 0 Å². The molecule has 0 saturated heterocycles. The van der Waals surface area contributed by atoms with E-state index in [1.165, 1.54) is 197 Å². The Morgan fingerprint density at radius 1 is 0.269 bits per heavy atom. The molecule has 12 nitrogen and oxygen atoms in total. The number of aromatic nitrogens is 12. The quantitative estimate of drug-likeness (QED) is 0.164. The molecule has 496 valence electrons. The van der Waals surface area contributed by atoms with Gasteiger partial charge in [-0.1, -0.05) is 152 Å². The molecule has 104 heavy (non-hydrogen) atoms. The second kappa shape index (κ2) is 23.4. The number of benzene rings is 8. The highest BCUT2D eigenvalue weighted by Crippen LogP contribution is 2.48. The Morgan fingerprint density at radius 2 is 0.663 bits per heavy atom. The third kappa shape index (κ3) is 9.16. The standard InChI is InChI=1S/4C23H18N3/c1-15-22(21-18(13-24-15)12-16-6-2-4-8-19(16)21)26-11-10-25-14-17-7-3-5-9-20(17)23(25)26;1-15-13-24-20-12-16-6-2-4-8-18(16)21(20)22(15)26-11-10-25-14-17-7-3-5-9-19(17)23(25)26;1-15-8-9-16-13-20-19(7-4-10-24-20)21(16)22(15)26-12-11-25-14-17-5-2-3-6-18(17)23(25)26;1-15-6-7-16-12-18-13-24-9-8-19(18)21(16)22(15)26-11-10-25-14-17-4-2-3-5-20(17)23(25)26/h2*2-11,13H,12,14H2,1H3;2-12H,13-14H2,1H3;2-11,13H,12,14H2,1H3/q4*+1. The third-order valence-electron chi connectivity index (χ3n) is 22.9. The predicted molar refractivity (Wildman–Crippen MR) is 405 cm³/mol. The van der Waals surface area contributed by atoms with Gasteiger partial charge in [0.15, 0.2) is 5.69 Å². The lowest BCUT2D eigenvalue weighted by molar-refractivity contribution is -0.671. The van der Waals surface area contributed by atoms with Gasteiger partial charge in [-0.25, -0.2) is 18.3 Å². The summed E-state index contributed by atoms with van der Waals surface area (Å²) in [6, 6.07) is 67.8. The zero-order valence-corrected chi connectivity index (χ0v) is 58.4. The fraction of sp³-hybridized carbons (Fsp3) is 0.130. The first-order chi connectivity index (χ1) is 51.2. The first kappa shape index (κ1) is 60.0. The molecule has 16 aromatic rings. The van der Waals surface area contributed by atoms with Crippen molar-refractivity contribution in [3.63, 3.8) is 0 Å². The number of imidazole rings is 4. The average molecular weight is 1350 g/mol. The highest BCUT2D eigenvalue weighted by Gasteiger charge is 2.40. The Morgan fingerprint density at radius 3 is 1.19 bits per heavy atom. The maximum Gasteiger partial charge on any atom is 0.294 e. The molecule has 0 amide bonds. The van der Waals surface area contributed by atoms with Crippen LogP contribution >= 0.6 is 0 Å². The van der Waals surface area contributed by atoms with Gasteiger partial charge in [0.1, 0.15) is 92.8 Å². The summed E-state index contributed by atoms with van der Waals surface area (Å²) in [4.78, 5) is 18.5. The first-order valence-corrected chi connectivity index (χ1v) is 36.3. The molecule has 0 radical (unpaired) electrons. The molecule has 8 aromatic carbocycles. The van der Waals surface area contributed by atoms with Gasteiger partial charge in [0.05, 0.1) is 44.9 Å². The van der Waals surface area contributed by atoms with Crippen LogP contribution in [0.4, 0.5) is 0 Å². The van der Waals surface area contributed by atoms with Crippen molar-refractivity contribution in [2.75, 3.05) is 0 Å². The molecular weight excluding hydrogens is 1270 g/mol. The summed E-state index contributed by atoms with van der Waals surface area (Å²) >= 11 is 0. The molecule has 4 aliphatic heterocycles. The summed E-state index contributed by atoms with van der Waals surface area (Å²) in [6.45, 7) is 12.5. The second-order valence-electron chi connectivity index (χ2n) is 28.9. The van der Waals surface area contributed by atoms with E-state index in [1.807, 2.05) is 30.9 Å². The molecule has 4 aliphatic carbocycles. The molecule has 0 fully saturated rings. The van der Waals surface area contributed by atoms with Gasteiger partial charge in [-0.15, -0.1) is 0 Å². The number of hydrogen-bond donors (Lipinski definition) is 0. The lowest BCUT2D eigenvalue weighted by Crippen LogP contribution is -2.30. The number of aryl methyl sites for hydroxylation is 4. The van der Waals surface area contributed by atoms with Crippen LogP contribution in [0.3, 0.4) is 0 Å². The molecule has 12 heterocycles.